The average Bonchev–Trinajstić information content (AvgIpc) is 2.90. The summed E-state index contributed by atoms with van der Waals surface area (Å²) in [5, 5.41) is 14.3. The van der Waals surface area contributed by atoms with Crippen molar-refractivity contribution in [3.8, 4) is 11.5 Å². The van der Waals surface area contributed by atoms with Crippen molar-refractivity contribution in [2.75, 3.05) is 25.3 Å². The molecule has 1 aromatic heterocycles. The van der Waals surface area contributed by atoms with Gasteiger partial charge in [-0.25, -0.2) is 4.68 Å². The van der Waals surface area contributed by atoms with Gasteiger partial charge in [-0.3, -0.25) is 4.79 Å². The molecule has 0 aliphatic heterocycles. The Hall–Kier alpha value is -2.29. The summed E-state index contributed by atoms with van der Waals surface area (Å²) in [5.41, 5.74) is 0.554. The topological polar surface area (TPSA) is 91.2 Å². The molecule has 1 amide bonds. The Morgan fingerprint density at radius 2 is 2.19 bits per heavy atom. The fraction of sp³-hybridized carbons (Fsp3) is 0.333. The van der Waals surface area contributed by atoms with E-state index >= 15 is 0 Å². The maximum Gasteiger partial charge on any atom is 0.234 e. The minimum absolute atomic E-state index is 0.186. The van der Waals surface area contributed by atoms with Crippen molar-refractivity contribution >= 4 is 23.4 Å². The van der Waals surface area contributed by atoms with E-state index in [0.29, 0.717) is 22.3 Å². The van der Waals surface area contributed by atoms with E-state index in [0.717, 1.165) is 0 Å². The SMILES string of the molecule is COc1ccc(OC)c(NC(=O)CSc2nnnn2C)c1. The zero-order chi connectivity index (χ0) is 15.2. The highest BCUT2D eigenvalue weighted by atomic mass is 32.2. The molecule has 112 valence electrons. The quantitative estimate of drug-likeness (QED) is 0.795. The van der Waals surface area contributed by atoms with Gasteiger partial charge in [-0.2, -0.15) is 0 Å². The third kappa shape index (κ3) is 3.85. The number of thioether (sulfide) groups is 1. The predicted octanol–water partition coefficient (Wildman–Crippen LogP) is 0.958. The molecule has 2 aromatic rings. The maximum absolute atomic E-state index is 12.0. The molecule has 0 atom stereocenters. The lowest BCUT2D eigenvalue weighted by Gasteiger charge is -2.11. The molecule has 9 heteroatoms. The van der Waals surface area contributed by atoms with Gasteiger partial charge >= 0.3 is 0 Å². The first kappa shape index (κ1) is 15.1. The smallest absolute Gasteiger partial charge is 0.234 e. The van der Waals surface area contributed by atoms with Crippen LogP contribution in [0.15, 0.2) is 23.4 Å². The van der Waals surface area contributed by atoms with Gasteiger partial charge in [0.25, 0.3) is 0 Å². The minimum Gasteiger partial charge on any atom is -0.497 e. The van der Waals surface area contributed by atoms with Crippen LogP contribution in [0.4, 0.5) is 5.69 Å². The molecule has 2 rings (SSSR count). The van der Waals surface area contributed by atoms with Crippen molar-refractivity contribution in [3.63, 3.8) is 0 Å². The number of nitrogens with one attached hydrogen (secondary N) is 1. The van der Waals surface area contributed by atoms with E-state index < -0.39 is 0 Å². The lowest BCUT2D eigenvalue weighted by molar-refractivity contribution is -0.113. The van der Waals surface area contributed by atoms with E-state index in [1.165, 1.54) is 23.6 Å². The lowest BCUT2D eigenvalue weighted by Crippen LogP contribution is -2.15. The normalized spacial score (nSPS) is 10.2. The molecule has 8 nitrogen and oxygen atoms in total. The van der Waals surface area contributed by atoms with Crippen LogP contribution in [-0.2, 0) is 11.8 Å². The molecule has 0 bridgehead atoms. The van der Waals surface area contributed by atoms with Gasteiger partial charge in [0.05, 0.1) is 25.7 Å². The van der Waals surface area contributed by atoms with Crippen LogP contribution in [0.3, 0.4) is 0 Å². The monoisotopic (exact) mass is 309 g/mol. The second-order valence-electron chi connectivity index (χ2n) is 3.99. The molecule has 1 heterocycles. The van der Waals surface area contributed by atoms with Crippen LogP contribution in [0.1, 0.15) is 0 Å². The molecular formula is C12H15N5O3S. The fourth-order valence-corrected chi connectivity index (χ4v) is 2.22. The van der Waals surface area contributed by atoms with Crippen LogP contribution in [-0.4, -0.2) is 46.1 Å². The van der Waals surface area contributed by atoms with E-state index in [1.807, 2.05) is 0 Å². The van der Waals surface area contributed by atoms with Gasteiger partial charge in [0.15, 0.2) is 0 Å². The number of aryl methyl sites for hydroxylation is 1. The summed E-state index contributed by atoms with van der Waals surface area (Å²) in [6, 6.07) is 5.19. The van der Waals surface area contributed by atoms with Crippen LogP contribution >= 0.6 is 11.8 Å². The van der Waals surface area contributed by atoms with Crippen molar-refractivity contribution in [1.29, 1.82) is 0 Å². The summed E-state index contributed by atoms with van der Waals surface area (Å²) in [4.78, 5) is 12.0. The van der Waals surface area contributed by atoms with E-state index in [2.05, 4.69) is 20.8 Å². The fourth-order valence-electron chi connectivity index (χ4n) is 1.57. The first-order chi connectivity index (χ1) is 10.1. The second-order valence-corrected chi connectivity index (χ2v) is 4.93. The first-order valence-corrected chi connectivity index (χ1v) is 6.99. The van der Waals surface area contributed by atoms with Crippen LogP contribution < -0.4 is 14.8 Å². The van der Waals surface area contributed by atoms with Crippen LogP contribution in [0.25, 0.3) is 0 Å². The van der Waals surface area contributed by atoms with Crippen molar-refractivity contribution < 1.29 is 14.3 Å². The van der Waals surface area contributed by atoms with Crippen molar-refractivity contribution in [1.82, 2.24) is 20.2 Å². The number of rotatable bonds is 6. The highest BCUT2D eigenvalue weighted by Crippen LogP contribution is 2.29. The van der Waals surface area contributed by atoms with Crippen molar-refractivity contribution in [3.05, 3.63) is 18.2 Å². The minimum atomic E-state index is -0.186. The molecular weight excluding hydrogens is 294 g/mol. The molecule has 1 N–H and O–H groups in total. The maximum atomic E-state index is 12.0. The largest absolute Gasteiger partial charge is 0.497 e. The number of carbonyl (C=O) groups excluding carboxylic acids is 1. The summed E-state index contributed by atoms with van der Waals surface area (Å²) < 4.78 is 11.8. The van der Waals surface area contributed by atoms with E-state index in [-0.39, 0.29) is 11.7 Å². The molecule has 0 aliphatic carbocycles. The molecule has 0 radical (unpaired) electrons. The Balaban J connectivity index is 2.00. The van der Waals surface area contributed by atoms with Gasteiger partial charge in [0.2, 0.25) is 11.1 Å². The van der Waals surface area contributed by atoms with Crippen molar-refractivity contribution in [2.45, 2.75) is 5.16 Å². The molecule has 0 fully saturated rings. The number of anilines is 1. The number of amides is 1. The molecule has 0 saturated heterocycles. The number of tetrazole rings is 1. The number of methoxy groups -OCH3 is 2. The molecule has 0 unspecified atom stereocenters. The standard InChI is InChI=1S/C12H15N5O3S/c1-17-12(14-15-16-17)21-7-11(18)13-9-6-8(19-2)4-5-10(9)20-3/h4-6H,7H2,1-3H3,(H,13,18). The van der Waals surface area contributed by atoms with Crippen molar-refractivity contribution in [2.24, 2.45) is 7.05 Å². The number of hydrogen-bond donors (Lipinski definition) is 1. The second kappa shape index (κ2) is 6.93. The summed E-state index contributed by atoms with van der Waals surface area (Å²) in [5.74, 6) is 1.20. The zero-order valence-electron chi connectivity index (χ0n) is 11.9. The Bertz CT molecular complexity index is 631. The van der Waals surface area contributed by atoms with E-state index in [9.17, 15) is 4.79 Å². The number of carbonyl (C=O) groups is 1. The number of aromatic nitrogens is 4. The third-order valence-corrected chi connectivity index (χ3v) is 3.60. The summed E-state index contributed by atoms with van der Waals surface area (Å²) in [7, 11) is 4.81. The highest BCUT2D eigenvalue weighted by Gasteiger charge is 2.11. The molecule has 0 saturated carbocycles. The number of nitrogens with zero attached hydrogens (tertiary/aromatic N) is 4. The first-order valence-electron chi connectivity index (χ1n) is 6.01. The number of hydrogen-bond acceptors (Lipinski definition) is 7. The lowest BCUT2D eigenvalue weighted by atomic mass is 10.2. The predicted molar refractivity (Wildman–Crippen MR) is 77.7 cm³/mol. The van der Waals surface area contributed by atoms with Gasteiger partial charge in [-0.05, 0) is 22.6 Å². The summed E-state index contributed by atoms with van der Waals surface area (Å²) >= 11 is 1.25. The molecule has 0 spiro atoms. The summed E-state index contributed by atoms with van der Waals surface area (Å²) in [6.45, 7) is 0. The van der Waals surface area contributed by atoms with Gasteiger partial charge in [0.1, 0.15) is 11.5 Å². The Morgan fingerprint density at radius 3 is 2.81 bits per heavy atom. The Labute approximate surface area is 125 Å². The van der Waals surface area contributed by atoms with E-state index in [4.69, 9.17) is 9.47 Å². The average molecular weight is 309 g/mol. The molecule has 21 heavy (non-hydrogen) atoms. The van der Waals surface area contributed by atoms with Gasteiger partial charge < -0.3 is 14.8 Å². The molecule has 0 aliphatic rings. The van der Waals surface area contributed by atoms with Gasteiger partial charge in [0, 0.05) is 13.1 Å². The van der Waals surface area contributed by atoms with E-state index in [1.54, 1.807) is 32.4 Å². The number of benzene rings is 1. The third-order valence-electron chi connectivity index (χ3n) is 2.59. The van der Waals surface area contributed by atoms with Gasteiger partial charge in [-0.15, -0.1) is 5.10 Å². The highest BCUT2D eigenvalue weighted by molar-refractivity contribution is 7.99. The van der Waals surface area contributed by atoms with Crippen LogP contribution in [0.5, 0.6) is 11.5 Å². The summed E-state index contributed by atoms with van der Waals surface area (Å²) in [6.07, 6.45) is 0. The Morgan fingerprint density at radius 1 is 1.38 bits per heavy atom. The molecule has 1 aromatic carbocycles. The van der Waals surface area contributed by atoms with Crippen LogP contribution in [0.2, 0.25) is 0 Å². The van der Waals surface area contributed by atoms with Crippen LogP contribution in [0, 0.1) is 0 Å². The Kier molecular flexibility index (Phi) is 4.99. The number of ether oxygens (including phenoxy) is 2. The zero-order valence-corrected chi connectivity index (χ0v) is 12.7. The van der Waals surface area contributed by atoms with Gasteiger partial charge in [-0.1, -0.05) is 11.8 Å².